The number of rotatable bonds is 3. The first-order valence-electron chi connectivity index (χ1n) is 15.7. The molecule has 0 saturated carbocycles. The molecule has 0 spiro atoms. The molecule has 2 heterocycles. The largest absolute Gasteiger partial charge is 0.309 e. The molecule has 1 aliphatic carbocycles. The Bertz CT molecular complexity index is 2620. The van der Waals surface area contributed by atoms with Crippen LogP contribution in [-0.2, 0) is 6.42 Å². The van der Waals surface area contributed by atoms with Crippen LogP contribution in [0.1, 0.15) is 11.1 Å². The molecule has 2 aromatic heterocycles. The monoisotopic (exact) mass is 572 g/mol. The van der Waals surface area contributed by atoms with Crippen LogP contribution in [0, 0.1) is 0 Å². The number of benzene rings is 7. The van der Waals surface area contributed by atoms with Crippen molar-refractivity contribution in [1.29, 1.82) is 0 Å². The SMILES string of the molecule is c1ccc(-n2c3ccccc3c3c(-c4ccc5c(c4)c4ccccc4n5-c4ccc5c(c4)-c4ccccc4C5)cccc32)cc1. The van der Waals surface area contributed by atoms with Gasteiger partial charge in [-0.2, -0.15) is 0 Å². The molecule has 9 aromatic rings. The van der Waals surface area contributed by atoms with Gasteiger partial charge in [-0.15, -0.1) is 0 Å². The van der Waals surface area contributed by atoms with Crippen LogP contribution in [0.25, 0.3) is 77.2 Å². The van der Waals surface area contributed by atoms with E-state index in [4.69, 9.17) is 0 Å². The summed E-state index contributed by atoms with van der Waals surface area (Å²) in [6.45, 7) is 0. The third-order valence-corrected chi connectivity index (χ3v) is 9.74. The van der Waals surface area contributed by atoms with E-state index in [1.54, 1.807) is 0 Å². The summed E-state index contributed by atoms with van der Waals surface area (Å²) in [5, 5.41) is 5.10. The van der Waals surface area contributed by atoms with E-state index >= 15 is 0 Å². The molecule has 45 heavy (non-hydrogen) atoms. The maximum Gasteiger partial charge on any atom is 0.0547 e. The Morgan fingerprint density at radius 3 is 1.89 bits per heavy atom. The molecule has 2 heteroatoms. The fraction of sp³-hybridized carbons (Fsp3) is 0.0233. The highest BCUT2D eigenvalue weighted by Gasteiger charge is 2.21. The van der Waals surface area contributed by atoms with Gasteiger partial charge in [-0.1, -0.05) is 103 Å². The quantitative estimate of drug-likeness (QED) is 0.199. The van der Waals surface area contributed by atoms with Crippen molar-refractivity contribution < 1.29 is 0 Å². The van der Waals surface area contributed by atoms with Gasteiger partial charge in [0.25, 0.3) is 0 Å². The number of hydrogen-bond acceptors (Lipinski definition) is 0. The molecule has 7 aromatic carbocycles. The molecule has 2 nitrogen and oxygen atoms in total. The molecule has 0 aliphatic heterocycles. The molecule has 0 bridgehead atoms. The lowest BCUT2D eigenvalue weighted by Gasteiger charge is -2.11. The predicted octanol–water partition coefficient (Wildman–Crippen LogP) is 11.1. The minimum absolute atomic E-state index is 1.01. The first-order chi connectivity index (χ1) is 22.3. The summed E-state index contributed by atoms with van der Waals surface area (Å²) in [7, 11) is 0. The van der Waals surface area contributed by atoms with Gasteiger partial charge in [-0.25, -0.2) is 0 Å². The van der Waals surface area contributed by atoms with E-state index < -0.39 is 0 Å². The zero-order valence-electron chi connectivity index (χ0n) is 24.6. The van der Waals surface area contributed by atoms with Gasteiger partial charge in [-0.05, 0) is 94.4 Å². The van der Waals surface area contributed by atoms with Gasteiger partial charge in [0.2, 0.25) is 0 Å². The Balaban J connectivity index is 1.21. The summed E-state index contributed by atoms with van der Waals surface area (Å²) in [5.41, 5.74) is 15.3. The zero-order valence-corrected chi connectivity index (χ0v) is 24.6. The second kappa shape index (κ2) is 9.32. The molecule has 0 amide bonds. The van der Waals surface area contributed by atoms with E-state index in [1.807, 2.05) is 0 Å². The summed E-state index contributed by atoms with van der Waals surface area (Å²) in [5.74, 6) is 0. The third-order valence-electron chi connectivity index (χ3n) is 9.74. The molecule has 0 radical (unpaired) electrons. The van der Waals surface area contributed by atoms with Crippen LogP contribution in [0.3, 0.4) is 0 Å². The fourth-order valence-corrected chi connectivity index (χ4v) is 7.78. The number of hydrogen-bond donors (Lipinski definition) is 0. The lowest BCUT2D eigenvalue weighted by atomic mass is 9.98. The summed E-state index contributed by atoms with van der Waals surface area (Å²) in [4.78, 5) is 0. The lowest BCUT2D eigenvalue weighted by molar-refractivity contribution is 1.17. The first kappa shape index (κ1) is 24.6. The molecule has 0 unspecified atom stereocenters. The minimum Gasteiger partial charge on any atom is -0.309 e. The van der Waals surface area contributed by atoms with Gasteiger partial charge in [-0.3, -0.25) is 0 Å². The van der Waals surface area contributed by atoms with Crippen molar-refractivity contribution in [3.63, 3.8) is 0 Å². The van der Waals surface area contributed by atoms with Crippen molar-refractivity contribution in [3.8, 4) is 33.6 Å². The molecule has 10 rings (SSSR count). The Labute approximate surface area is 261 Å². The molecular formula is C43H28N2. The van der Waals surface area contributed by atoms with Crippen LogP contribution in [0.5, 0.6) is 0 Å². The molecule has 0 fully saturated rings. The van der Waals surface area contributed by atoms with Crippen molar-refractivity contribution >= 4 is 43.6 Å². The summed E-state index contributed by atoms with van der Waals surface area (Å²) < 4.78 is 4.84. The standard InChI is InChI=1S/C43H28N2/c1-2-12-31(13-3-1)44-40-19-9-7-16-36(40)43-34(17-10-20-42(43)44)30-22-24-41-38(26-30)35-15-6-8-18-39(35)45(41)32-23-21-29-25-28-11-4-5-14-33(28)37(29)27-32/h1-24,26-27H,25H2. The van der Waals surface area contributed by atoms with Crippen molar-refractivity contribution in [2.24, 2.45) is 0 Å². The van der Waals surface area contributed by atoms with Crippen molar-refractivity contribution in [1.82, 2.24) is 9.13 Å². The topological polar surface area (TPSA) is 9.86 Å². The van der Waals surface area contributed by atoms with Crippen LogP contribution in [0.15, 0.2) is 158 Å². The molecule has 0 N–H and O–H groups in total. The van der Waals surface area contributed by atoms with E-state index in [1.165, 1.54) is 88.4 Å². The average Bonchev–Trinajstić information content (AvgIpc) is 3.76. The first-order valence-corrected chi connectivity index (χ1v) is 15.7. The second-order valence-corrected chi connectivity index (χ2v) is 12.1. The van der Waals surface area contributed by atoms with Crippen molar-refractivity contribution in [2.75, 3.05) is 0 Å². The summed E-state index contributed by atoms with van der Waals surface area (Å²) >= 11 is 0. The van der Waals surface area contributed by atoms with Crippen LogP contribution in [-0.4, -0.2) is 9.13 Å². The maximum atomic E-state index is 2.44. The van der Waals surface area contributed by atoms with Crippen LogP contribution in [0.2, 0.25) is 0 Å². The highest BCUT2D eigenvalue weighted by atomic mass is 15.0. The van der Waals surface area contributed by atoms with E-state index in [-0.39, 0.29) is 0 Å². The van der Waals surface area contributed by atoms with Crippen LogP contribution >= 0.6 is 0 Å². The van der Waals surface area contributed by atoms with Crippen molar-refractivity contribution in [3.05, 3.63) is 169 Å². The number of fused-ring (bicyclic) bond motifs is 9. The maximum absolute atomic E-state index is 2.44. The van der Waals surface area contributed by atoms with E-state index in [0.29, 0.717) is 0 Å². The molecule has 0 atom stereocenters. The Morgan fingerprint density at radius 2 is 1.00 bits per heavy atom. The summed E-state index contributed by atoms with van der Waals surface area (Å²) in [6, 6.07) is 57.9. The number of nitrogens with zero attached hydrogens (tertiary/aromatic N) is 2. The minimum atomic E-state index is 1.01. The van der Waals surface area contributed by atoms with Gasteiger partial charge in [0, 0.05) is 32.9 Å². The van der Waals surface area contributed by atoms with Crippen LogP contribution in [0.4, 0.5) is 0 Å². The highest BCUT2D eigenvalue weighted by Crippen LogP contribution is 2.42. The molecule has 210 valence electrons. The Kier molecular flexibility index (Phi) is 5.09. The Hall–Kier alpha value is -5.86. The molecule has 0 saturated heterocycles. The number of aromatic nitrogens is 2. The van der Waals surface area contributed by atoms with Crippen molar-refractivity contribution in [2.45, 2.75) is 6.42 Å². The van der Waals surface area contributed by atoms with E-state index in [0.717, 1.165) is 6.42 Å². The Morgan fingerprint density at radius 1 is 0.356 bits per heavy atom. The average molecular weight is 573 g/mol. The van der Waals surface area contributed by atoms with Gasteiger partial charge >= 0.3 is 0 Å². The fourth-order valence-electron chi connectivity index (χ4n) is 7.78. The molecule has 1 aliphatic rings. The van der Waals surface area contributed by atoms with Gasteiger partial charge < -0.3 is 9.13 Å². The van der Waals surface area contributed by atoms with Crippen LogP contribution < -0.4 is 0 Å². The predicted molar refractivity (Wildman–Crippen MR) is 189 cm³/mol. The zero-order chi connectivity index (χ0) is 29.5. The molecular weight excluding hydrogens is 544 g/mol. The van der Waals surface area contributed by atoms with E-state index in [9.17, 15) is 0 Å². The van der Waals surface area contributed by atoms with E-state index in [2.05, 4.69) is 167 Å². The highest BCUT2D eigenvalue weighted by molar-refractivity contribution is 6.17. The van der Waals surface area contributed by atoms with Gasteiger partial charge in [0.15, 0.2) is 0 Å². The smallest absolute Gasteiger partial charge is 0.0547 e. The normalized spacial score (nSPS) is 12.4. The third kappa shape index (κ3) is 3.51. The summed E-state index contributed by atoms with van der Waals surface area (Å²) in [6.07, 6.45) is 1.01. The van der Waals surface area contributed by atoms with Gasteiger partial charge in [0.05, 0.1) is 22.1 Å². The lowest BCUT2D eigenvalue weighted by Crippen LogP contribution is -1.95. The van der Waals surface area contributed by atoms with Gasteiger partial charge in [0.1, 0.15) is 0 Å². The second-order valence-electron chi connectivity index (χ2n) is 12.1. The number of para-hydroxylation sites is 3.